The van der Waals surface area contributed by atoms with E-state index in [1.54, 1.807) is 6.07 Å². The summed E-state index contributed by atoms with van der Waals surface area (Å²) < 4.78 is 9.99. The Morgan fingerprint density at radius 2 is 1.90 bits per heavy atom. The molecule has 0 spiro atoms. The van der Waals surface area contributed by atoms with Crippen LogP contribution in [0.2, 0.25) is 0 Å². The highest BCUT2D eigenvalue weighted by atomic mass is 16.5. The number of carbonyl (C=O) groups excluding carboxylic acids is 2. The van der Waals surface area contributed by atoms with Gasteiger partial charge in [0.2, 0.25) is 0 Å². The Morgan fingerprint density at radius 3 is 2.48 bits per heavy atom. The zero-order chi connectivity index (χ0) is 16.0. The SMILES string of the molecule is COc1cc(N)cc(C(=O)OCC(=O)NC(C)C(C)C)c1. The molecule has 3 N–H and O–H groups in total. The molecule has 1 aromatic rings. The highest BCUT2D eigenvalue weighted by Crippen LogP contribution is 2.19. The van der Waals surface area contributed by atoms with Crippen LogP contribution in [0.1, 0.15) is 31.1 Å². The van der Waals surface area contributed by atoms with Gasteiger partial charge in [0.15, 0.2) is 6.61 Å². The molecule has 0 aromatic heterocycles. The second-order valence-corrected chi connectivity index (χ2v) is 5.17. The maximum Gasteiger partial charge on any atom is 0.338 e. The number of amides is 1. The molecule has 0 fully saturated rings. The van der Waals surface area contributed by atoms with Crippen LogP contribution in [-0.2, 0) is 9.53 Å². The van der Waals surface area contributed by atoms with Gasteiger partial charge in [-0.2, -0.15) is 0 Å². The van der Waals surface area contributed by atoms with Gasteiger partial charge in [-0.25, -0.2) is 4.79 Å². The number of rotatable bonds is 6. The maximum absolute atomic E-state index is 11.9. The summed E-state index contributed by atoms with van der Waals surface area (Å²) in [6.07, 6.45) is 0. The van der Waals surface area contributed by atoms with Gasteiger partial charge in [0.1, 0.15) is 5.75 Å². The molecule has 0 saturated carbocycles. The topological polar surface area (TPSA) is 90.7 Å². The summed E-state index contributed by atoms with van der Waals surface area (Å²) in [4.78, 5) is 23.5. The van der Waals surface area contributed by atoms with Crippen molar-refractivity contribution in [2.75, 3.05) is 19.5 Å². The van der Waals surface area contributed by atoms with Crippen LogP contribution in [0.3, 0.4) is 0 Å². The monoisotopic (exact) mass is 294 g/mol. The van der Waals surface area contributed by atoms with Crippen LogP contribution in [0.4, 0.5) is 5.69 Å². The van der Waals surface area contributed by atoms with Crippen LogP contribution in [0.25, 0.3) is 0 Å². The Balaban J connectivity index is 2.58. The van der Waals surface area contributed by atoms with Gasteiger partial charge in [0, 0.05) is 17.8 Å². The summed E-state index contributed by atoms with van der Waals surface area (Å²) in [5.74, 6) is -0.184. The third-order valence-electron chi connectivity index (χ3n) is 3.12. The van der Waals surface area contributed by atoms with E-state index in [2.05, 4.69) is 5.32 Å². The average molecular weight is 294 g/mol. The first-order valence-corrected chi connectivity index (χ1v) is 6.74. The normalized spacial score (nSPS) is 11.9. The van der Waals surface area contributed by atoms with E-state index in [0.29, 0.717) is 17.4 Å². The van der Waals surface area contributed by atoms with Crippen molar-refractivity contribution in [1.29, 1.82) is 0 Å². The third kappa shape index (κ3) is 5.33. The second kappa shape index (κ2) is 7.52. The fourth-order valence-electron chi connectivity index (χ4n) is 1.53. The molecule has 0 aliphatic carbocycles. The van der Waals surface area contributed by atoms with Gasteiger partial charge in [-0.1, -0.05) is 13.8 Å². The van der Waals surface area contributed by atoms with Crippen LogP contribution >= 0.6 is 0 Å². The number of hydrogen-bond donors (Lipinski definition) is 2. The quantitative estimate of drug-likeness (QED) is 0.614. The lowest BCUT2D eigenvalue weighted by Crippen LogP contribution is -2.38. The fraction of sp³-hybridized carbons (Fsp3) is 0.467. The van der Waals surface area contributed by atoms with E-state index in [4.69, 9.17) is 15.2 Å². The molecule has 0 radical (unpaired) electrons. The molecule has 6 nitrogen and oxygen atoms in total. The molecule has 1 atom stereocenters. The molecule has 21 heavy (non-hydrogen) atoms. The maximum atomic E-state index is 11.9. The van der Waals surface area contributed by atoms with Gasteiger partial charge in [-0.3, -0.25) is 4.79 Å². The van der Waals surface area contributed by atoms with Crippen LogP contribution in [0.5, 0.6) is 5.75 Å². The number of esters is 1. The number of nitrogens with one attached hydrogen (secondary N) is 1. The van der Waals surface area contributed by atoms with Crippen molar-refractivity contribution < 1.29 is 19.1 Å². The summed E-state index contributed by atoms with van der Waals surface area (Å²) in [5, 5.41) is 2.75. The van der Waals surface area contributed by atoms with E-state index in [-0.39, 0.29) is 24.1 Å². The van der Waals surface area contributed by atoms with Crippen molar-refractivity contribution >= 4 is 17.6 Å². The highest BCUT2D eigenvalue weighted by molar-refractivity contribution is 5.92. The van der Waals surface area contributed by atoms with Crippen molar-refractivity contribution in [1.82, 2.24) is 5.32 Å². The molecule has 1 rings (SSSR count). The minimum Gasteiger partial charge on any atom is -0.497 e. The largest absolute Gasteiger partial charge is 0.497 e. The lowest BCUT2D eigenvalue weighted by Gasteiger charge is -2.17. The molecule has 0 aliphatic heterocycles. The molecule has 0 heterocycles. The molecular weight excluding hydrogens is 272 g/mol. The first-order chi connectivity index (χ1) is 9.83. The number of nitrogen functional groups attached to an aromatic ring is 1. The number of nitrogens with two attached hydrogens (primary N) is 1. The Bertz CT molecular complexity index is 514. The summed E-state index contributed by atoms with van der Waals surface area (Å²) in [6, 6.07) is 4.59. The van der Waals surface area contributed by atoms with Gasteiger partial charge in [-0.15, -0.1) is 0 Å². The van der Waals surface area contributed by atoms with E-state index >= 15 is 0 Å². The van der Waals surface area contributed by atoms with Crippen molar-refractivity contribution in [3.63, 3.8) is 0 Å². The molecule has 1 amide bonds. The molecule has 116 valence electrons. The summed E-state index contributed by atoms with van der Waals surface area (Å²) in [7, 11) is 1.48. The fourth-order valence-corrected chi connectivity index (χ4v) is 1.53. The summed E-state index contributed by atoms with van der Waals surface area (Å²) in [6.45, 7) is 5.56. The van der Waals surface area contributed by atoms with E-state index in [9.17, 15) is 9.59 Å². The molecule has 1 unspecified atom stereocenters. The highest BCUT2D eigenvalue weighted by Gasteiger charge is 2.14. The lowest BCUT2D eigenvalue weighted by atomic mass is 10.1. The molecule has 6 heteroatoms. The van der Waals surface area contributed by atoms with Gasteiger partial charge < -0.3 is 20.5 Å². The van der Waals surface area contributed by atoms with Crippen molar-refractivity contribution in [3.8, 4) is 5.75 Å². The molecular formula is C15H22N2O4. The standard InChI is InChI=1S/C15H22N2O4/c1-9(2)10(3)17-14(18)8-21-15(19)11-5-12(16)7-13(6-11)20-4/h5-7,9-10H,8,16H2,1-4H3,(H,17,18). The van der Waals surface area contributed by atoms with Crippen LogP contribution in [0, 0.1) is 5.92 Å². The average Bonchev–Trinajstić information content (AvgIpc) is 2.43. The predicted molar refractivity (Wildman–Crippen MR) is 80.1 cm³/mol. The van der Waals surface area contributed by atoms with E-state index in [1.807, 2.05) is 20.8 Å². The second-order valence-electron chi connectivity index (χ2n) is 5.17. The predicted octanol–water partition coefficient (Wildman–Crippen LogP) is 1.59. The molecule has 0 saturated heterocycles. The van der Waals surface area contributed by atoms with Crippen molar-refractivity contribution in [2.45, 2.75) is 26.8 Å². The Labute approximate surface area is 124 Å². The Hall–Kier alpha value is -2.24. The number of ether oxygens (including phenoxy) is 2. The van der Waals surface area contributed by atoms with Gasteiger partial charge in [-0.05, 0) is 25.0 Å². The zero-order valence-electron chi connectivity index (χ0n) is 12.8. The van der Waals surface area contributed by atoms with E-state index < -0.39 is 5.97 Å². The molecule has 0 bridgehead atoms. The van der Waals surface area contributed by atoms with E-state index in [1.165, 1.54) is 19.2 Å². The van der Waals surface area contributed by atoms with Crippen molar-refractivity contribution in [2.24, 2.45) is 5.92 Å². The minimum atomic E-state index is -0.618. The zero-order valence-corrected chi connectivity index (χ0v) is 12.8. The number of methoxy groups -OCH3 is 1. The number of anilines is 1. The molecule has 0 aliphatic rings. The van der Waals surface area contributed by atoms with Crippen LogP contribution in [0.15, 0.2) is 18.2 Å². The minimum absolute atomic E-state index is 0.0173. The number of carbonyl (C=O) groups is 2. The number of benzene rings is 1. The first kappa shape index (κ1) is 16.8. The lowest BCUT2D eigenvalue weighted by molar-refractivity contribution is -0.125. The van der Waals surface area contributed by atoms with Gasteiger partial charge >= 0.3 is 5.97 Å². The number of hydrogen-bond acceptors (Lipinski definition) is 5. The van der Waals surface area contributed by atoms with Crippen LogP contribution in [-0.4, -0.2) is 31.6 Å². The first-order valence-electron chi connectivity index (χ1n) is 6.74. The third-order valence-corrected chi connectivity index (χ3v) is 3.12. The smallest absolute Gasteiger partial charge is 0.338 e. The van der Waals surface area contributed by atoms with E-state index in [0.717, 1.165) is 0 Å². The Morgan fingerprint density at radius 1 is 1.24 bits per heavy atom. The summed E-state index contributed by atoms with van der Waals surface area (Å²) in [5.41, 5.74) is 6.30. The van der Waals surface area contributed by atoms with Gasteiger partial charge in [0.25, 0.3) is 5.91 Å². The summed E-state index contributed by atoms with van der Waals surface area (Å²) >= 11 is 0. The van der Waals surface area contributed by atoms with Crippen LogP contribution < -0.4 is 15.8 Å². The molecule has 1 aromatic carbocycles. The van der Waals surface area contributed by atoms with Crippen molar-refractivity contribution in [3.05, 3.63) is 23.8 Å². The Kier molecular flexibility index (Phi) is 6.02. The van der Waals surface area contributed by atoms with Gasteiger partial charge in [0.05, 0.1) is 12.7 Å².